The molecule has 132 valence electrons. The van der Waals surface area contributed by atoms with Gasteiger partial charge in [-0.3, -0.25) is 14.6 Å². The average molecular weight is 349 g/mol. The fraction of sp³-hybridized carbons (Fsp3) is 0.250. The molecule has 2 aromatic heterocycles. The van der Waals surface area contributed by atoms with Crippen LogP contribution in [0.1, 0.15) is 33.8 Å². The summed E-state index contributed by atoms with van der Waals surface area (Å²) in [5.74, 6) is 0.183. The first-order chi connectivity index (χ1) is 12.7. The summed E-state index contributed by atoms with van der Waals surface area (Å²) in [6, 6.07) is 11.2. The Morgan fingerprint density at radius 2 is 1.96 bits per heavy atom. The molecule has 0 unspecified atom stereocenters. The molecule has 2 N–H and O–H groups in total. The topological polar surface area (TPSA) is 84.2 Å². The van der Waals surface area contributed by atoms with Crippen LogP contribution in [0.2, 0.25) is 0 Å². The Hall–Kier alpha value is -3.15. The van der Waals surface area contributed by atoms with Crippen molar-refractivity contribution >= 4 is 22.7 Å². The SMILES string of the molecule is O=C(CNC(=O)c1c2c(nc3ccccc13)CCC2)NCc1ccco1. The van der Waals surface area contributed by atoms with Crippen LogP contribution in [0.25, 0.3) is 10.9 Å². The van der Waals surface area contributed by atoms with Crippen LogP contribution < -0.4 is 10.6 Å². The smallest absolute Gasteiger partial charge is 0.252 e. The van der Waals surface area contributed by atoms with Crippen LogP contribution in [0, 0.1) is 0 Å². The standard InChI is InChI=1S/C20H19N3O3/c24-18(21-11-13-5-4-10-26-13)12-22-20(25)19-14-6-1-2-8-16(14)23-17-9-3-7-15(17)19/h1-2,4-6,8,10H,3,7,9,11-12H2,(H,21,24)(H,22,25). The number of para-hydroxylation sites is 1. The van der Waals surface area contributed by atoms with Gasteiger partial charge in [0.25, 0.3) is 5.91 Å². The number of hydrogen-bond acceptors (Lipinski definition) is 4. The molecule has 0 fully saturated rings. The Labute approximate surface area is 150 Å². The molecule has 0 spiro atoms. The van der Waals surface area contributed by atoms with E-state index >= 15 is 0 Å². The van der Waals surface area contributed by atoms with E-state index in [-0.39, 0.29) is 18.4 Å². The number of fused-ring (bicyclic) bond motifs is 2. The maximum Gasteiger partial charge on any atom is 0.252 e. The minimum Gasteiger partial charge on any atom is -0.467 e. The molecular formula is C20H19N3O3. The number of pyridine rings is 1. The summed E-state index contributed by atoms with van der Waals surface area (Å²) in [5, 5.41) is 6.30. The van der Waals surface area contributed by atoms with Crippen molar-refractivity contribution in [3.05, 3.63) is 65.2 Å². The highest BCUT2D eigenvalue weighted by Gasteiger charge is 2.23. The Bertz CT molecular complexity index is 964. The molecule has 3 aromatic rings. The summed E-state index contributed by atoms with van der Waals surface area (Å²) in [5.41, 5.74) is 3.48. The highest BCUT2D eigenvalue weighted by atomic mass is 16.3. The Morgan fingerprint density at radius 1 is 1.08 bits per heavy atom. The molecule has 1 aliphatic rings. The third-order valence-electron chi connectivity index (χ3n) is 4.60. The molecule has 0 bridgehead atoms. The van der Waals surface area contributed by atoms with Crippen LogP contribution in [0.3, 0.4) is 0 Å². The number of aromatic nitrogens is 1. The number of hydrogen-bond donors (Lipinski definition) is 2. The van der Waals surface area contributed by atoms with Crippen LogP contribution in [0.15, 0.2) is 47.1 Å². The zero-order valence-electron chi connectivity index (χ0n) is 14.2. The third kappa shape index (κ3) is 3.18. The normalized spacial score (nSPS) is 12.8. The first-order valence-corrected chi connectivity index (χ1v) is 8.70. The first kappa shape index (κ1) is 16.3. The van der Waals surface area contributed by atoms with Gasteiger partial charge in [0.1, 0.15) is 5.76 Å². The number of aryl methyl sites for hydroxylation is 1. The van der Waals surface area contributed by atoms with Crippen LogP contribution in [0.5, 0.6) is 0 Å². The van der Waals surface area contributed by atoms with Gasteiger partial charge in [-0.1, -0.05) is 18.2 Å². The van der Waals surface area contributed by atoms with Gasteiger partial charge < -0.3 is 15.1 Å². The summed E-state index contributed by atoms with van der Waals surface area (Å²) >= 11 is 0. The van der Waals surface area contributed by atoms with Gasteiger partial charge in [-0.2, -0.15) is 0 Å². The summed E-state index contributed by atoms with van der Waals surface area (Å²) in [6.45, 7) is 0.222. The van der Waals surface area contributed by atoms with Crippen LogP contribution >= 0.6 is 0 Å². The fourth-order valence-corrected chi connectivity index (χ4v) is 3.38. The van der Waals surface area contributed by atoms with Gasteiger partial charge in [0.05, 0.1) is 30.4 Å². The van der Waals surface area contributed by atoms with Crippen molar-refractivity contribution < 1.29 is 14.0 Å². The summed E-state index contributed by atoms with van der Waals surface area (Å²) in [4.78, 5) is 29.5. The number of furan rings is 1. The zero-order chi connectivity index (χ0) is 17.9. The van der Waals surface area contributed by atoms with Gasteiger partial charge in [-0.05, 0) is 43.0 Å². The lowest BCUT2D eigenvalue weighted by atomic mass is 10.0. The van der Waals surface area contributed by atoms with Crippen LogP contribution in [0.4, 0.5) is 0 Å². The third-order valence-corrected chi connectivity index (χ3v) is 4.60. The lowest BCUT2D eigenvalue weighted by Crippen LogP contribution is -2.37. The van der Waals surface area contributed by atoms with Crippen molar-refractivity contribution in [1.82, 2.24) is 15.6 Å². The van der Waals surface area contributed by atoms with Gasteiger partial charge >= 0.3 is 0 Å². The highest BCUT2D eigenvalue weighted by molar-refractivity contribution is 6.08. The van der Waals surface area contributed by atoms with E-state index in [0.29, 0.717) is 17.9 Å². The van der Waals surface area contributed by atoms with Gasteiger partial charge in [0.15, 0.2) is 0 Å². The Morgan fingerprint density at radius 3 is 2.81 bits per heavy atom. The predicted octanol–water partition coefficient (Wildman–Crippen LogP) is 2.36. The molecule has 0 saturated carbocycles. The molecule has 1 aromatic carbocycles. The Balaban J connectivity index is 1.49. The van der Waals surface area contributed by atoms with Gasteiger partial charge in [-0.15, -0.1) is 0 Å². The monoisotopic (exact) mass is 349 g/mol. The molecule has 1 aliphatic carbocycles. The van der Waals surface area contributed by atoms with E-state index in [1.165, 1.54) is 0 Å². The molecule has 6 heteroatoms. The van der Waals surface area contributed by atoms with Crippen molar-refractivity contribution in [2.75, 3.05) is 6.54 Å². The number of nitrogens with one attached hydrogen (secondary N) is 2. The van der Waals surface area contributed by atoms with Crippen molar-refractivity contribution in [2.24, 2.45) is 0 Å². The van der Waals surface area contributed by atoms with Crippen molar-refractivity contribution in [3.8, 4) is 0 Å². The Kier molecular flexibility index (Phi) is 4.39. The molecular weight excluding hydrogens is 330 g/mol. The second-order valence-electron chi connectivity index (χ2n) is 6.32. The lowest BCUT2D eigenvalue weighted by molar-refractivity contribution is -0.120. The molecule has 6 nitrogen and oxygen atoms in total. The molecule has 0 radical (unpaired) electrons. The quantitative estimate of drug-likeness (QED) is 0.741. The molecule has 2 heterocycles. The number of carbonyl (C=O) groups is 2. The highest BCUT2D eigenvalue weighted by Crippen LogP contribution is 2.29. The minimum atomic E-state index is -0.259. The lowest BCUT2D eigenvalue weighted by Gasteiger charge is -2.12. The minimum absolute atomic E-state index is 0.0784. The van der Waals surface area contributed by atoms with E-state index in [1.54, 1.807) is 18.4 Å². The molecule has 0 atom stereocenters. The van der Waals surface area contributed by atoms with Gasteiger partial charge in [-0.25, -0.2) is 0 Å². The van der Waals surface area contributed by atoms with Crippen LogP contribution in [-0.2, 0) is 24.2 Å². The van der Waals surface area contributed by atoms with Crippen molar-refractivity contribution in [3.63, 3.8) is 0 Å². The van der Waals surface area contributed by atoms with E-state index in [9.17, 15) is 9.59 Å². The van der Waals surface area contributed by atoms with Gasteiger partial charge in [0.2, 0.25) is 5.91 Å². The maximum atomic E-state index is 12.8. The molecule has 0 aliphatic heterocycles. The predicted molar refractivity (Wildman–Crippen MR) is 96.7 cm³/mol. The summed E-state index contributed by atoms with van der Waals surface area (Å²) in [6.07, 6.45) is 4.30. The fourth-order valence-electron chi connectivity index (χ4n) is 3.38. The molecule has 4 rings (SSSR count). The van der Waals surface area contributed by atoms with Crippen LogP contribution in [-0.4, -0.2) is 23.3 Å². The van der Waals surface area contributed by atoms with E-state index < -0.39 is 0 Å². The maximum absolute atomic E-state index is 12.8. The summed E-state index contributed by atoms with van der Waals surface area (Å²) in [7, 11) is 0. The average Bonchev–Trinajstić information content (AvgIpc) is 3.33. The second-order valence-corrected chi connectivity index (χ2v) is 6.32. The summed E-state index contributed by atoms with van der Waals surface area (Å²) < 4.78 is 5.17. The van der Waals surface area contributed by atoms with Gasteiger partial charge in [0, 0.05) is 11.1 Å². The molecule has 2 amide bonds. The largest absolute Gasteiger partial charge is 0.467 e. The van der Waals surface area contributed by atoms with E-state index in [1.807, 2.05) is 24.3 Å². The van der Waals surface area contributed by atoms with E-state index in [4.69, 9.17) is 4.42 Å². The number of carbonyl (C=O) groups excluding carboxylic acids is 2. The number of rotatable bonds is 5. The van der Waals surface area contributed by atoms with Crippen molar-refractivity contribution in [1.29, 1.82) is 0 Å². The zero-order valence-corrected chi connectivity index (χ0v) is 14.2. The van der Waals surface area contributed by atoms with E-state index in [0.717, 1.165) is 41.4 Å². The second kappa shape index (κ2) is 7.00. The number of nitrogens with zero attached hydrogens (tertiary/aromatic N) is 1. The molecule has 26 heavy (non-hydrogen) atoms. The van der Waals surface area contributed by atoms with Crippen molar-refractivity contribution in [2.45, 2.75) is 25.8 Å². The number of benzene rings is 1. The van der Waals surface area contributed by atoms with E-state index in [2.05, 4.69) is 15.6 Å². The first-order valence-electron chi connectivity index (χ1n) is 8.70. The number of amides is 2. The molecule has 0 saturated heterocycles.